The maximum Gasteiger partial charge on any atom is 0.190 e. The molecule has 0 saturated carbocycles. The Bertz CT molecular complexity index is 708. The van der Waals surface area contributed by atoms with Gasteiger partial charge in [0.2, 0.25) is 0 Å². The molecule has 0 N–H and O–H groups in total. The van der Waals surface area contributed by atoms with Crippen molar-refractivity contribution in [2.24, 2.45) is 4.99 Å². The molecule has 112 valence electrons. The number of rotatable bonds is 4. The van der Waals surface area contributed by atoms with Gasteiger partial charge in [-0.15, -0.1) is 0 Å². The van der Waals surface area contributed by atoms with Gasteiger partial charge in [0.15, 0.2) is 10.6 Å². The van der Waals surface area contributed by atoms with Crippen LogP contribution in [-0.4, -0.2) is 24.4 Å². The molecule has 0 radical (unpaired) electrons. The van der Waals surface area contributed by atoms with Crippen LogP contribution in [0.25, 0.3) is 0 Å². The van der Waals surface area contributed by atoms with Crippen molar-refractivity contribution in [3.8, 4) is 0 Å². The molecule has 0 spiro atoms. The van der Waals surface area contributed by atoms with Gasteiger partial charge in [-0.1, -0.05) is 11.3 Å². The Morgan fingerprint density at radius 2 is 1.90 bits per heavy atom. The summed E-state index contributed by atoms with van der Waals surface area (Å²) < 4.78 is 2.08. The van der Waals surface area contributed by atoms with E-state index in [1.807, 2.05) is 45.3 Å². The van der Waals surface area contributed by atoms with Crippen LogP contribution in [0.1, 0.15) is 29.2 Å². The Labute approximate surface area is 129 Å². The fourth-order valence-electron chi connectivity index (χ4n) is 2.20. The van der Waals surface area contributed by atoms with E-state index >= 15 is 0 Å². The molecule has 0 aliphatic carbocycles. The lowest BCUT2D eigenvalue weighted by Crippen LogP contribution is -2.14. The molecular formula is C16H21N3OS. The van der Waals surface area contributed by atoms with E-state index in [4.69, 9.17) is 0 Å². The molecule has 1 heterocycles. The lowest BCUT2D eigenvalue weighted by atomic mass is 10.3. The predicted octanol–water partition coefficient (Wildman–Crippen LogP) is 3.38. The van der Waals surface area contributed by atoms with Crippen LogP contribution in [0.15, 0.2) is 29.3 Å². The number of aromatic nitrogens is 1. The van der Waals surface area contributed by atoms with Gasteiger partial charge in [0, 0.05) is 38.9 Å². The molecule has 1 aromatic heterocycles. The molecule has 5 heteroatoms. The highest BCUT2D eigenvalue weighted by Crippen LogP contribution is 2.19. The van der Waals surface area contributed by atoms with E-state index in [0.29, 0.717) is 0 Å². The highest BCUT2D eigenvalue weighted by atomic mass is 32.1. The average molecular weight is 303 g/mol. The van der Waals surface area contributed by atoms with Crippen molar-refractivity contribution in [2.75, 3.05) is 19.0 Å². The molecule has 1 aromatic carbocycles. The van der Waals surface area contributed by atoms with Gasteiger partial charge in [-0.25, -0.2) is 4.99 Å². The van der Waals surface area contributed by atoms with E-state index in [9.17, 15) is 4.79 Å². The van der Waals surface area contributed by atoms with Crippen LogP contribution in [-0.2, 0) is 6.54 Å². The molecule has 0 fully saturated rings. The number of Topliss-reactive ketones (excluding diaryl/α,β-unsaturated/α-hetero) is 1. The van der Waals surface area contributed by atoms with Gasteiger partial charge in [0.1, 0.15) is 0 Å². The summed E-state index contributed by atoms with van der Waals surface area (Å²) >= 11 is 1.46. The highest BCUT2D eigenvalue weighted by Gasteiger charge is 2.12. The molecule has 0 atom stereocenters. The number of benzene rings is 1. The average Bonchev–Trinajstić information content (AvgIpc) is 2.75. The number of thiazole rings is 1. The predicted molar refractivity (Wildman–Crippen MR) is 88.7 cm³/mol. The number of carbonyl (C=O) groups excluding carboxylic acids is 1. The van der Waals surface area contributed by atoms with E-state index in [1.165, 1.54) is 11.3 Å². The van der Waals surface area contributed by atoms with Gasteiger partial charge in [0.05, 0.1) is 10.6 Å². The Kier molecular flexibility index (Phi) is 4.63. The number of nitrogens with zero attached hydrogens (tertiary/aromatic N) is 3. The van der Waals surface area contributed by atoms with Crippen molar-refractivity contribution < 1.29 is 4.79 Å². The summed E-state index contributed by atoms with van der Waals surface area (Å²) in [5.74, 6) is 0.101. The van der Waals surface area contributed by atoms with Crippen LogP contribution in [0.3, 0.4) is 0 Å². The van der Waals surface area contributed by atoms with Crippen LogP contribution in [0.2, 0.25) is 0 Å². The van der Waals surface area contributed by atoms with Gasteiger partial charge in [-0.3, -0.25) is 4.79 Å². The number of hydrogen-bond acceptors (Lipinski definition) is 4. The summed E-state index contributed by atoms with van der Waals surface area (Å²) in [6.45, 7) is 6.46. The maximum absolute atomic E-state index is 11.7. The van der Waals surface area contributed by atoms with Crippen molar-refractivity contribution in [3.05, 3.63) is 39.6 Å². The summed E-state index contributed by atoms with van der Waals surface area (Å²) in [6.07, 6.45) is 0. The van der Waals surface area contributed by atoms with Crippen molar-refractivity contribution in [2.45, 2.75) is 27.3 Å². The lowest BCUT2D eigenvalue weighted by Gasteiger charge is -2.11. The summed E-state index contributed by atoms with van der Waals surface area (Å²) in [7, 11) is 4.03. The Balaban J connectivity index is 2.50. The first-order valence-corrected chi connectivity index (χ1v) is 7.79. The Morgan fingerprint density at radius 1 is 1.29 bits per heavy atom. The fourth-order valence-corrected chi connectivity index (χ4v) is 3.32. The summed E-state index contributed by atoms with van der Waals surface area (Å²) in [5, 5.41) is 0. The van der Waals surface area contributed by atoms with Gasteiger partial charge in [0.25, 0.3) is 0 Å². The molecule has 0 aliphatic rings. The largest absolute Gasteiger partial charge is 0.378 e. The molecule has 0 amide bonds. The van der Waals surface area contributed by atoms with Crippen molar-refractivity contribution in [1.29, 1.82) is 0 Å². The minimum atomic E-state index is 0.101. The van der Waals surface area contributed by atoms with Crippen molar-refractivity contribution in [3.63, 3.8) is 0 Å². The second kappa shape index (κ2) is 6.26. The van der Waals surface area contributed by atoms with Crippen LogP contribution in [0, 0.1) is 6.92 Å². The van der Waals surface area contributed by atoms with Gasteiger partial charge >= 0.3 is 0 Å². The van der Waals surface area contributed by atoms with Crippen LogP contribution < -0.4 is 9.70 Å². The quantitative estimate of drug-likeness (QED) is 0.812. The van der Waals surface area contributed by atoms with E-state index in [1.54, 1.807) is 6.92 Å². The number of carbonyl (C=O) groups is 1. The van der Waals surface area contributed by atoms with Crippen LogP contribution in [0.4, 0.5) is 11.4 Å². The standard InChI is InChI=1S/C16H21N3OS/c1-6-19-11(2)15(12(3)20)21-16(19)17-13-7-9-14(10-8-13)18(4)5/h7-10H,6H2,1-5H3. The second-order valence-corrected chi connectivity index (χ2v) is 6.10. The van der Waals surface area contributed by atoms with Crippen LogP contribution >= 0.6 is 11.3 Å². The molecule has 0 aliphatic heterocycles. The van der Waals surface area contributed by atoms with Gasteiger partial charge in [-0.05, 0) is 38.1 Å². The smallest absolute Gasteiger partial charge is 0.190 e. The lowest BCUT2D eigenvalue weighted by molar-refractivity contribution is 0.102. The third kappa shape index (κ3) is 3.24. The van der Waals surface area contributed by atoms with Gasteiger partial charge in [-0.2, -0.15) is 0 Å². The molecule has 21 heavy (non-hydrogen) atoms. The fraction of sp³-hybridized carbons (Fsp3) is 0.375. The second-order valence-electron chi connectivity index (χ2n) is 5.12. The number of ketones is 1. The SMILES string of the molecule is CCn1c(C)c(C(C)=O)sc1=Nc1ccc(N(C)C)cc1. The summed E-state index contributed by atoms with van der Waals surface area (Å²) in [5.41, 5.74) is 3.04. The first-order valence-electron chi connectivity index (χ1n) is 6.97. The van der Waals surface area contributed by atoms with Crippen LogP contribution in [0.5, 0.6) is 0 Å². The maximum atomic E-state index is 11.7. The van der Waals surface area contributed by atoms with Gasteiger partial charge < -0.3 is 9.47 Å². The molecule has 0 bridgehead atoms. The normalized spacial score (nSPS) is 11.8. The molecule has 0 unspecified atom stereocenters. The first-order chi connectivity index (χ1) is 9.93. The minimum Gasteiger partial charge on any atom is -0.378 e. The zero-order chi connectivity index (χ0) is 15.6. The van der Waals surface area contributed by atoms with E-state index < -0.39 is 0 Å². The van der Waals surface area contributed by atoms with E-state index in [0.717, 1.165) is 33.3 Å². The minimum absolute atomic E-state index is 0.101. The zero-order valence-corrected chi connectivity index (χ0v) is 14.0. The highest BCUT2D eigenvalue weighted by molar-refractivity contribution is 7.11. The Hall–Kier alpha value is -1.88. The third-order valence-corrected chi connectivity index (χ3v) is 4.67. The zero-order valence-electron chi connectivity index (χ0n) is 13.2. The monoisotopic (exact) mass is 303 g/mol. The summed E-state index contributed by atoms with van der Waals surface area (Å²) in [4.78, 5) is 20.1. The molecule has 2 aromatic rings. The Morgan fingerprint density at radius 3 is 2.38 bits per heavy atom. The third-order valence-electron chi connectivity index (χ3n) is 3.38. The number of anilines is 1. The molecule has 2 rings (SSSR count). The van der Waals surface area contributed by atoms with E-state index in [2.05, 4.69) is 21.4 Å². The molecule has 0 saturated heterocycles. The molecular weight excluding hydrogens is 282 g/mol. The van der Waals surface area contributed by atoms with E-state index in [-0.39, 0.29) is 5.78 Å². The summed E-state index contributed by atoms with van der Waals surface area (Å²) in [6, 6.07) is 8.08. The first kappa shape index (κ1) is 15.5. The topological polar surface area (TPSA) is 37.6 Å². The number of hydrogen-bond donors (Lipinski definition) is 0. The van der Waals surface area contributed by atoms with Crippen molar-refractivity contribution in [1.82, 2.24) is 4.57 Å². The molecule has 4 nitrogen and oxygen atoms in total. The van der Waals surface area contributed by atoms with Crippen molar-refractivity contribution >= 4 is 28.5 Å².